The van der Waals surface area contributed by atoms with E-state index < -0.39 is 0 Å². The molecule has 0 bridgehead atoms. The number of nitrogens with two attached hydrogens (primary N) is 1. The predicted octanol–water partition coefficient (Wildman–Crippen LogP) is 2.13. The van der Waals surface area contributed by atoms with Gasteiger partial charge in [0.1, 0.15) is 0 Å². The fraction of sp³-hybridized carbons (Fsp3) is 0.625. The fourth-order valence-electron chi connectivity index (χ4n) is 2.94. The number of aromatic nitrogens is 1. The van der Waals surface area contributed by atoms with Crippen molar-refractivity contribution >= 4 is 5.91 Å². The van der Waals surface area contributed by atoms with E-state index >= 15 is 0 Å². The van der Waals surface area contributed by atoms with E-state index in [9.17, 15) is 4.79 Å². The lowest BCUT2D eigenvalue weighted by atomic mass is 9.90. The van der Waals surface area contributed by atoms with E-state index in [2.05, 4.69) is 16.8 Å². The van der Waals surface area contributed by atoms with Gasteiger partial charge in [0.05, 0.1) is 6.42 Å². The summed E-state index contributed by atoms with van der Waals surface area (Å²) in [6.45, 7) is 2.97. The highest BCUT2D eigenvalue weighted by atomic mass is 16.2. The number of carbonyl (C=O) groups is 1. The summed E-state index contributed by atoms with van der Waals surface area (Å²) in [5.41, 5.74) is 6.95. The quantitative estimate of drug-likeness (QED) is 0.895. The van der Waals surface area contributed by atoms with Crippen LogP contribution in [0.4, 0.5) is 0 Å². The second kappa shape index (κ2) is 7.39. The molecule has 0 atom stereocenters. The van der Waals surface area contributed by atoms with Gasteiger partial charge in [0.2, 0.25) is 5.91 Å². The Morgan fingerprint density at radius 1 is 1.40 bits per heavy atom. The van der Waals surface area contributed by atoms with Crippen LogP contribution in [0.1, 0.15) is 44.6 Å². The topological polar surface area (TPSA) is 59.2 Å². The van der Waals surface area contributed by atoms with Crippen LogP contribution in [0.2, 0.25) is 0 Å². The first kappa shape index (κ1) is 15.0. The Bertz CT molecular complexity index is 413. The molecule has 1 heterocycles. The van der Waals surface area contributed by atoms with Gasteiger partial charge < -0.3 is 10.6 Å². The van der Waals surface area contributed by atoms with E-state index in [0.717, 1.165) is 44.2 Å². The first-order valence-corrected chi connectivity index (χ1v) is 7.64. The molecule has 0 unspecified atom stereocenters. The summed E-state index contributed by atoms with van der Waals surface area (Å²) >= 11 is 0. The van der Waals surface area contributed by atoms with Crippen molar-refractivity contribution < 1.29 is 4.79 Å². The van der Waals surface area contributed by atoms with Gasteiger partial charge in [-0.05, 0) is 43.7 Å². The van der Waals surface area contributed by atoms with Crippen LogP contribution >= 0.6 is 0 Å². The zero-order chi connectivity index (χ0) is 14.4. The third-order valence-corrected chi connectivity index (χ3v) is 4.05. The Morgan fingerprint density at radius 2 is 2.15 bits per heavy atom. The lowest BCUT2D eigenvalue weighted by Gasteiger charge is -2.36. The third kappa shape index (κ3) is 4.04. The van der Waals surface area contributed by atoms with Crippen molar-refractivity contribution in [2.75, 3.05) is 6.54 Å². The highest BCUT2D eigenvalue weighted by molar-refractivity contribution is 5.79. The molecule has 1 saturated carbocycles. The largest absolute Gasteiger partial charge is 0.339 e. The van der Waals surface area contributed by atoms with Crippen LogP contribution in [0.15, 0.2) is 24.5 Å². The molecule has 1 aromatic heterocycles. The highest BCUT2D eigenvalue weighted by Gasteiger charge is 2.27. The van der Waals surface area contributed by atoms with Crippen molar-refractivity contribution in [3.8, 4) is 0 Å². The van der Waals surface area contributed by atoms with Gasteiger partial charge in [0, 0.05) is 31.0 Å². The molecule has 0 aromatic carbocycles. The second-order valence-electron chi connectivity index (χ2n) is 5.69. The van der Waals surface area contributed by atoms with Crippen LogP contribution in [-0.2, 0) is 11.2 Å². The number of carbonyl (C=O) groups excluding carboxylic acids is 1. The summed E-state index contributed by atoms with van der Waals surface area (Å²) in [5, 5.41) is 0. The molecule has 0 aliphatic heterocycles. The van der Waals surface area contributed by atoms with Gasteiger partial charge in [-0.25, -0.2) is 0 Å². The van der Waals surface area contributed by atoms with Gasteiger partial charge in [0.15, 0.2) is 0 Å². The van der Waals surface area contributed by atoms with Crippen LogP contribution in [0, 0.1) is 0 Å². The van der Waals surface area contributed by atoms with Crippen LogP contribution in [0.3, 0.4) is 0 Å². The maximum Gasteiger partial charge on any atom is 0.227 e. The number of rotatable bonds is 5. The predicted molar refractivity (Wildman–Crippen MR) is 80.2 cm³/mol. The van der Waals surface area contributed by atoms with Gasteiger partial charge in [-0.15, -0.1) is 0 Å². The van der Waals surface area contributed by atoms with E-state index in [4.69, 9.17) is 5.73 Å². The summed E-state index contributed by atoms with van der Waals surface area (Å²) in [5.74, 6) is 0.223. The van der Waals surface area contributed by atoms with Crippen molar-refractivity contribution in [2.45, 2.75) is 57.5 Å². The van der Waals surface area contributed by atoms with Crippen molar-refractivity contribution in [1.29, 1.82) is 0 Å². The molecule has 110 valence electrons. The number of pyridine rings is 1. The van der Waals surface area contributed by atoms with Crippen LogP contribution in [-0.4, -0.2) is 34.4 Å². The SMILES string of the molecule is CCCN(C(=O)Cc1cccnc1)C1CCC(N)CC1. The molecule has 0 spiro atoms. The van der Waals surface area contributed by atoms with E-state index in [1.807, 2.05) is 12.1 Å². The summed E-state index contributed by atoms with van der Waals surface area (Å²) in [7, 11) is 0. The Kier molecular flexibility index (Phi) is 5.53. The number of hydrogen-bond donors (Lipinski definition) is 1. The lowest BCUT2D eigenvalue weighted by Crippen LogP contribution is -2.45. The molecule has 2 N–H and O–H groups in total. The third-order valence-electron chi connectivity index (χ3n) is 4.05. The number of hydrogen-bond acceptors (Lipinski definition) is 3. The van der Waals surface area contributed by atoms with Crippen molar-refractivity contribution in [3.05, 3.63) is 30.1 Å². The maximum atomic E-state index is 12.6. The molecule has 20 heavy (non-hydrogen) atoms. The van der Waals surface area contributed by atoms with E-state index in [-0.39, 0.29) is 5.91 Å². The zero-order valence-electron chi connectivity index (χ0n) is 12.3. The summed E-state index contributed by atoms with van der Waals surface area (Å²) in [4.78, 5) is 18.7. The van der Waals surface area contributed by atoms with E-state index in [1.54, 1.807) is 12.4 Å². The molecule has 1 aliphatic rings. The Balaban J connectivity index is 1.98. The van der Waals surface area contributed by atoms with Gasteiger partial charge in [0.25, 0.3) is 0 Å². The molecule has 2 rings (SSSR count). The van der Waals surface area contributed by atoms with Crippen molar-refractivity contribution in [3.63, 3.8) is 0 Å². The van der Waals surface area contributed by atoms with E-state index in [1.165, 1.54) is 0 Å². The minimum atomic E-state index is 0.223. The first-order chi connectivity index (χ1) is 9.70. The monoisotopic (exact) mass is 275 g/mol. The molecular weight excluding hydrogens is 250 g/mol. The minimum Gasteiger partial charge on any atom is -0.339 e. The molecule has 4 nitrogen and oxygen atoms in total. The molecule has 1 aliphatic carbocycles. The van der Waals surface area contributed by atoms with Gasteiger partial charge in [-0.1, -0.05) is 13.0 Å². The Labute approximate surface area is 121 Å². The molecule has 1 amide bonds. The van der Waals surface area contributed by atoms with Crippen LogP contribution < -0.4 is 5.73 Å². The van der Waals surface area contributed by atoms with E-state index in [0.29, 0.717) is 18.5 Å². The standard InChI is InChI=1S/C16H25N3O/c1-2-10-19(15-7-5-14(17)6-8-15)16(20)11-13-4-3-9-18-12-13/h3-4,9,12,14-15H,2,5-8,10-11,17H2,1H3. The minimum absolute atomic E-state index is 0.223. The smallest absolute Gasteiger partial charge is 0.227 e. The average Bonchev–Trinajstić information content (AvgIpc) is 2.47. The van der Waals surface area contributed by atoms with Crippen LogP contribution in [0.25, 0.3) is 0 Å². The van der Waals surface area contributed by atoms with Gasteiger partial charge in [-0.2, -0.15) is 0 Å². The summed E-state index contributed by atoms with van der Waals surface area (Å²) < 4.78 is 0. The Hall–Kier alpha value is -1.42. The Morgan fingerprint density at radius 3 is 2.75 bits per heavy atom. The van der Waals surface area contributed by atoms with Gasteiger partial charge >= 0.3 is 0 Å². The van der Waals surface area contributed by atoms with Crippen LogP contribution in [0.5, 0.6) is 0 Å². The highest BCUT2D eigenvalue weighted by Crippen LogP contribution is 2.23. The summed E-state index contributed by atoms with van der Waals surface area (Å²) in [6.07, 6.45) is 9.12. The molecule has 1 aromatic rings. The molecule has 0 saturated heterocycles. The maximum absolute atomic E-state index is 12.6. The first-order valence-electron chi connectivity index (χ1n) is 7.64. The van der Waals surface area contributed by atoms with Crippen molar-refractivity contribution in [2.24, 2.45) is 5.73 Å². The number of nitrogens with zero attached hydrogens (tertiary/aromatic N) is 2. The van der Waals surface area contributed by atoms with Crippen molar-refractivity contribution in [1.82, 2.24) is 9.88 Å². The van der Waals surface area contributed by atoms with Gasteiger partial charge in [-0.3, -0.25) is 9.78 Å². The molecule has 1 fully saturated rings. The molecule has 0 radical (unpaired) electrons. The normalized spacial score (nSPS) is 22.5. The summed E-state index contributed by atoms with van der Waals surface area (Å²) in [6, 6.07) is 4.54. The molecular formula is C16H25N3O. The lowest BCUT2D eigenvalue weighted by molar-refractivity contribution is -0.133. The second-order valence-corrected chi connectivity index (χ2v) is 5.69. The fourth-order valence-corrected chi connectivity index (χ4v) is 2.94. The zero-order valence-corrected chi connectivity index (χ0v) is 12.3. The number of amides is 1. The molecule has 4 heteroatoms. The average molecular weight is 275 g/mol.